The van der Waals surface area contributed by atoms with Crippen molar-refractivity contribution in [2.75, 3.05) is 0 Å². The molecule has 0 aliphatic heterocycles. The molecule has 0 spiro atoms. The standard InChI is InChI=1S/C12H16Cl3NO5/c1-6(17)20-9-4-3-8(5-10(9)21-7(2)18)16-11(19)12(13,14)15/h8-10H,3-5H2,1-2H3,(H,16,19)/t8-,9-,10+/m0/s1. The summed E-state index contributed by atoms with van der Waals surface area (Å²) in [6.45, 7) is 2.54. The Morgan fingerprint density at radius 3 is 2.00 bits per heavy atom. The summed E-state index contributed by atoms with van der Waals surface area (Å²) in [6, 6.07) is -0.329. The zero-order chi connectivity index (χ0) is 16.2. The quantitative estimate of drug-likeness (QED) is 0.614. The summed E-state index contributed by atoms with van der Waals surface area (Å²) < 4.78 is 8.20. The van der Waals surface area contributed by atoms with E-state index in [0.29, 0.717) is 12.8 Å². The average molecular weight is 361 g/mol. The Hall–Kier alpha value is -0.720. The van der Waals surface area contributed by atoms with Crippen molar-refractivity contribution < 1.29 is 23.9 Å². The third kappa shape index (κ3) is 6.28. The lowest BCUT2D eigenvalue weighted by Crippen LogP contribution is -2.49. The maximum absolute atomic E-state index is 11.6. The molecule has 1 amide bonds. The van der Waals surface area contributed by atoms with E-state index in [0.717, 1.165) is 0 Å². The number of hydrogen-bond acceptors (Lipinski definition) is 5. The Labute approximate surface area is 137 Å². The van der Waals surface area contributed by atoms with Crippen molar-refractivity contribution in [3.8, 4) is 0 Å². The molecular formula is C12H16Cl3NO5. The van der Waals surface area contributed by atoms with Gasteiger partial charge >= 0.3 is 11.9 Å². The van der Waals surface area contributed by atoms with E-state index in [2.05, 4.69) is 5.32 Å². The van der Waals surface area contributed by atoms with Gasteiger partial charge in [0.25, 0.3) is 9.70 Å². The monoisotopic (exact) mass is 359 g/mol. The minimum absolute atomic E-state index is 0.282. The molecule has 1 N–H and O–H groups in total. The highest BCUT2D eigenvalue weighted by Crippen LogP contribution is 2.29. The van der Waals surface area contributed by atoms with Gasteiger partial charge in [-0.05, 0) is 12.8 Å². The normalized spacial score (nSPS) is 25.9. The number of rotatable bonds is 3. The van der Waals surface area contributed by atoms with Crippen LogP contribution in [-0.2, 0) is 23.9 Å². The lowest BCUT2D eigenvalue weighted by Gasteiger charge is -2.35. The van der Waals surface area contributed by atoms with Gasteiger partial charge in [0, 0.05) is 26.3 Å². The summed E-state index contributed by atoms with van der Waals surface area (Å²) in [5, 5.41) is 2.57. The number of hydrogen-bond donors (Lipinski definition) is 1. The summed E-state index contributed by atoms with van der Waals surface area (Å²) in [6.07, 6.45) is 0.0577. The number of carbonyl (C=O) groups excluding carboxylic acids is 3. The van der Waals surface area contributed by atoms with Crippen molar-refractivity contribution in [3.63, 3.8) is 0 Å². The van der Waals surface area contributed by atoms with Gasteiger partial charge in [0.2, 0.25) is 0 Å². The molecule has 1 rings (SSSR count). The number of carbonyl (C=O) groups is 3. The molecule has 0 radical (unpaired) electrons. The highest BCUT2D eigenvalue weighted by Gasteiger charge is 2.38. The molecule has 1 saturated carbocycles. The maximum Gasteiger partial charge on any atom is 0.303 e. The van der Waals surface area contributed by atoms with Crippen LogP contribution in [0.1, 0.15) is 33.1 Å². The molecule has 9 heteroatoms. The predicted molar refractivity (Wildman–Crippen MR) is 77.2 cm³/mol. The second kappa shape index (κ2) is 7.51. The molecule has 0 bridgehead atoms. The number of ether oxygens (including phenoxy) is 2. The first kappa shape index (κ1) is 18.3. The SMILES string of the molecule is CC(=O)O[C@H]1CC[C@H](NC(=O)C(Cl)(Cl)Cl)C[C@H]1OC(C)=O. The van der Waals surface area contributed by atoms with Gasteiger partial charge < -0.3 is 14.8 Å². The molecule has 0 aromatic rings. The van der Waals surface area contributed by atoms with Crippen LogP contribution in [-0.4, -0.2) is 39.9 Å². The van der Waals surface area contributed by atoms with Crippen LogP contribution in [0.3, 0.4) is 0 Å². The minimum Gasteiger partial charge on any atom is -0.459 e. The Morgan fingerprint density at radius 2 is 1.52 bits per heavy atom. The molecular weight excluding hydrogens is 344 g/mol. The lowest BCUT2D eigenvalue weighted by atomic mass is 9.90. The molecule has 0 heterocycles. The van der Waals surface area contributed by atoms with Gasteiger partial charge in [0.15, 0.2) is 0 Å². The first-order valence-electron chi connectivity index (χ1n) is 6.31. The van der Waals surface area contributed by atoms with E-state index in [9.17, 15) is 14.4 Å². The van der Waals surface area contributed by atoms with Crippen molar-refractivity contribution >= 4 is 52.6 Å². The van der Waals surface area contributed by atoms with E-state index in [4.69, 9.17) is 44.3 Å². The molecule has 0 aromatic carbocycles. The van der Waals surface area contributed by atoms with E-state index >= 15 is 0 Å². The Bertz CT molecular complexity index is 424. The molecule has 1 fully saturated rings. The average Bonchev–Trinajstić information content (AvgIpc) is 2.30. The zero-order valence-corrected chi connectivity index (χ0v) is 13.8. The summed E-state index contributed by atoms with van der Waals surface area (Å²) >= 11 is 16.5. The number of amides is 1. The smallest absolute Gasteiger partial charge is 0.303 e. The minimum atomic E-state index is -2.05. The van der Waals surface area contributed by atoms with Gasteiger partial charge in [0.05, 0.1) is 0 Å². The largest absolute Gasteiger partial charge is 0.459 e. The van der Waals surface area contributed by atoms with E-state index in [1.54, 1.807) is 0 Å². The molecule has 120 valence electrons. The van der Waals surface area contributed by atoms with Crippen LogP contribution in [0.25, 0.3) is 0 Å². The van der Waals surface area contributed by atoms with Crippen LogP contribution in [0.4, 0.5) is 0 Å². The van der Waals surface area contributed by atoms with E-state index in [1.807, 2.05) is 0 Å². The fourth-order valence-electron chi connectivity index (χ4n) is 2.18. The third-order valence-electron chi connectivity index (χ3n) is 2.96. The van der Waals surface area contributed by atoms with Crippen molar-refractivity contribution in [1.29, 1.82) is 0 Å². The van der Waals surface area contributed by atoms with Gasteiger partial charge in [-0.25, -0.2) is 0 Å². The Morgan fingerprint density at radius 1 is 1.00 bits per heavy atom. The lowest BCUT2D eigenvalue weighted by molar-refractivity contribution is -0.169. The Balaban J connectivity index is 2.67. The van der Waals surface area contributed by atoms with Crippen molar-refractivity contribution in [1.82, 2.24) is 5.32 Å². The molecule has 3 atom stereocenters. The Kier molecular flexibility index (Phi) is 6.56. The first-order chi connectivity index (χ1) is 9.59. The second-order valence-electron chi connectivity index (χ2n) is 4.78. The van der Waals surface area contributed by atoms with Gasteiger partial charge in [-0.15, -0.1) is 0 Å². The summed E-state index contributed by atoms with van der Waals surface area (Å²) in [4.78, 5) is 33.8. The molecule has 1 aliphatic carbocycles. The second-order valence-corrected chi connectivity index (χ2v) is 7.06. The van der Waals surface area contributed by atoms with E-state index in [-0.39, 0.29) is 12.5 Å². The van der Waals surface area contributed by atoms with Gasteiger partial charge in [-0.3, -0.25) is 14.4 Å². The van der Waals surface area contributed by atoms with Crippen LogP contribution in [0, 0.1) is 0 Å². The van der Waals surface area contributed by atoms with E-state index in [1.165, 1.54) is 13.8 Å². The van der Waals surface area contributed by atoms with E-state index < -0.39 is 33.8 Å². The number of alkyl halides is 3. The van der Waals surface area contributed by atoms with Crippen LogP contribution in [0.2, 0.25) is 0 Å². The van der Waals surface area contributed by atoms with Gasteiger partial charge in [-0.1, -0.05) is 34.8 Å². The molecule has 0 unspecified atom stereocenters. The number of esters is 2. The number of halogens is 3. The fourth-order valence-corrected chi connectivity index (χ4v) is 2.35. The topological polar surface area (TPSA) is 81.7 Å². The van der Waals surface area contributed by atoms with Gasteiger partial charge in [-0.2, -0.15) is 0 Å². The fraction of sp³-hybridized carbons (Fsp3) is 0.750. The number of nitrogens with one attached hydrogen (secondary N) is 1. The van der Waals surface area contributed by atoms with Crippen LogP contribution in [0.15, 0.2) is 0 Å². The predicted octanol–water partition coefficient (Wildman–Crippen LogP) is 1.89. The van der Waals surface area contributed by atoms with Gasteiger partial charge in [0.1, 0.15) is 12.2 Å². The molecule has 6 nitrogen and oxygen atoms in total. The van der Waals surface area contributed by atoms with Crippen molar-refractivity contribution in [2.45, 2.75) is 55.2 Å². The third-order valence-corrected chi connectivity index (χ3v) is 3.47. The molecule has 1 aliphatic rings. The summed E-state index contributed by atoms with van der Waals surface area (Å²) in [7, 11) is 0. The molecule has 21 heavy (non-hydrogen) atoms. The first-order valence-corrected chi connectivity index (χ1v) is 7.45. The van der Waals surface area contributed by atoms with Crippen molar-refractivity contribution in [2.24, 2.45) is 0 Å². The molecule has 0 saturated heterocycles. The maximum atomic E-state index is 11.6. The van der Waals surface area contributed by atoms with Crippen molar-refractivity contribution in [3.05, 3.63) is 0 Å². The van der Waals surface area contributed by atoms with Crippen LogP contribution in [0.5, 0.6) is 0 Å². The highest BCUT2D eigenvalue weighted by molar-refractivity contribution is 6.76. The molecule has 0 aromatic heterocycles. The highest BCUT2D eigenvalue weighted by atomic mass is 35.6. The summed E-state index contributed by atoms with van der Waals surface area (Å²) in [5.74, 6) is -1.70. The van der Waals surface area contributed by atoms with Crippen LogP contribution >= 0.6 is 34.8 Å². The van der Waals surface area contributed by atoms with Crippen LogP contribution < -0.4 is 5.32 Å². The summed E-state index contributed by atoms with van der Waals surface area (Å²) in [5.41, 5.74) is 0. The zero-order valence-electron chi connectivity index (χ0n) is 11.5.